The van der Waals surface area contributed by atoms with Crippen molar-refractivity contribution in [1.82, 2.24) is 10.2 Å². The van der Waals surface area contributed by atoms with Crippen LogP contribution in [0.15, 0.2) is 30.3 Å². The lowest BCUT2D eigenvalue weighted by molar-refractivity contribution is -0.126. The molecule has 0 aromatic heterocycles. The lowest BCUT2D eigenvalue weighted by Crippen LogP contribution is -2.61. The number of alkyl halides is 1. The number of amides is 1. The Labute approximate surface area is 229 Å². The van der Waals surface area contributed by atoms with Crippen LogP contribution in [0.1, 0.15) is 104 Å². The third-order valence-electron chi connectivity index (χ3n) is 9.56. The second kappa shape index (κ2) is 13.6. The van der Waals surface area contributed by atoms with Gasteiger partial charge in [0.15, 0.2) is 0 Å². The van der Waals surface area contributed by atoms with Crippen molar-refractivity contribution in [3.63, 3.8) is 0 Å². The van der Waals surface area contributed by atoms with Crippen molar-refractivity contribution >= 4 is 27.5 Å². The highest BCUT2D eigenvalue weighted by Crippen LogP contribution is 2.42. The van der Waals surface area contributed by atoms with Gasteiger partial charge in [-0.3, -0.25) is 9.69 Å². The number of benzene rings is 1. The van der Waals surface area contributed by atoms with Crippen molar-refractivity contribution in [3.05, 3.63) is 30.3 Å². The number of carbonyl (C=O) groups excluding carboxylic acids is 1. The number of piperidine rings is 1. The highest BCUT2D eigenvalue weighted by molar-refractivity contribution is 9.09. The summed E-state index contributed by atoms with van der Waals surface area (Å²) in [5.41, 5.74) is 0.803. The molecule has 4 nitrogen and oxygen atoms in total. The van der Waals surface area contributed by atoms with Crippen molar-refractivity contribution in [2.24, 2.45) is 11.8 Å². The smallest absolute Gasteiger partial charge is 0.247 e. The minimum absolute atomic E-state index is 0.256. The normalized spacial score (nSPS) is 29.3. The molecule has 4 rings (SSSR count). The number of hydrogen-bond acceptors (Lipinski definition) is 3. The lowest BCUT2D eigenvalue weighted by atomic mass is 9.75. The number of nitrogens with one attached hydrogen (secondary N) is 1. The first-order chi connectivity index (χ1) is 17.5. The fourth-order valence-corrected chi connectivity index (χ4v) is 7.70. The van der Waals surface area contributed by atoms with E-state index in [1.54, 1.807) is 0 Å². The number of nitrogens with zero attached hydrogens (tertiary/aromatic N) is 2. The fourth-order valence-electron chi connectivity index (χ4n) is 7.30. The minimum atomic E-state index is -0.382. The zero-order valence-corrected chi connectivity index (χ0v) is 24.5. The van der Waals surface area contributed by atoms with Crippen molar-refractivity contribution in [1.29, 1.82) is 0 Å². The summed E-state index contributed by atoms with van der Waals surface area (Å²) >= 11 is 3.55. The van der Waals surface area contributed by atoms with Crippen molar-refractivity contribution in [2.45, 2.75) is 121 Å². The average molecular weight is 561 g/mol. The Morgan fingerprint density at radius 1 is 0.972 bits per heavy atom. The molecule has 0 radical (unpaired) electrons. The molecule has 3 fully saturated rings. The number of halogens is 1. The van der Waals surface area contributed by atoms with Gasteiger partial charge in [-0.05, 0) is 75.3 Å². The number of para-hydroxylation sites is 1. The third-order valence-corrected chi connectivity index (χ3v) is 10.1. The van der Waals surface area contributed by atoms with Crippen LogP contribution in [0.3, 0.4) is 0 Å². The van der Waals surface area contributed by atoms with Gasteiger partial charge in [-0.15, -0.1) is 0 Å². The Hall–Kier alpha value is -1.07. The maximum atomic E-state index is 13.4. The van der Waals surface area contributed by atoms with E-state index in [1.807, 2.05) is 0 Å². The Kier molecular flexibility index (Phi) is 10.6. The summed E-state index contributed by atoms with van der Waals surface area (Å²) in [5.74, 6) is 1.96. The molecule has 202 valence electrons. The Morgan fingerprint density at radius 2 is 1.64 bits per heavy atom. The molecule has 2 heterocycles. The summed E-state index contributed by atoms with van der Waals surface area (Å²) in [4.78, 5) is 18.7. The highest BCUT2D eigenvalue weighted by atomic mass is 79.9. The monoisotopic (exact) mass is 559 g/mol. The van der Waals surface area contributed by atoms with Crippen LogP contribution in [0.2, 0.25) is 0 Å². The molecule has 2 aliphatic heterocycles. The van der Waals surface area contributed by atoms with Gasteiger partial charge < -0.3 is 10.2 Å². The van der Waals surface area contributed by atoms with Crippen LogP contribution in [0.5, 0.6) is 0 Å². The zero-order valence-electron chi connectivity index (χ0n) is 22.9. The topological polar surface area (TPSA) is 35.6 Å². The first-order valence-electron chi connectivity index (χ1n) is 15.0. The molecule has 1 aliphatic carbocycles. The summed E-state index contributed by atoms with van der Waals surface area (Å²) in [5, 5.41) is 4.37. The first kappa shape index (κ1) is 28.0. The van der Waals surface area contributed by atoms with E-state index in [0.717, 1.165) is 36.6 Å². The van der Waals surface area contributed by atoms with Crippen LogP contribution in [0, 0.1) is 11.8 Å². The fraction of sp³-hybridized carbons (Fsp3) is 0.774. The van der Waals surface area contributed by atoms with Gasteiger partial charge >= 0.3 is 0 Å². The van der Waals surface area contributed by atoms with Crippen LogP contribution in [0.25, 0.3) is 0 Å². The van der Waals surface area contributed by atoms with Gasteiger partial charge in [0.05, 0.1) is 6.67 Å². The van der Waals surface area contributed by atoms with Gasteiger partial charge in [0.2, 0.25) is 5.91 Å². The maximum Gasteiger partial charge on any atom is 0.247 e. The van der Waals surface area contributed by atoms with Crippen LogP contribution < -0.4 is 10.2 Å². The van der Waals surface area contributed by atoms with Crippen LogP contribution in [0.4, 0.5) is 5.69 Å². The quantitative estimate of drug-likeness (QED) is 0.212. The van der Waals surface area contributed by atoms with Crippen LogP contribution in [-0.2, 0) is 4.79 Å². The molecule has 3 aliphatic rings. The summed E-state index contributed by atoms with van der Waals surface area (Å²) in [6, 6.07) is 11.8. The average Bonchev–Trinajstić information content (AvgIpc) is 3.21. The molecule has 2 atom stereocenters. The minimum Gasteiger partial charge on any atom is -0.339 e. The molecule has 0 bridgehead atoms. The zero-order chi connectivity index (χ0) is 25.4. The Balaban J connectivity index is 1.42. The van der Waals surface area contributed by atoms with E-state index in [4.69, 9.17) is 0 Å². The first-order valence-corrected chi connectivity index (χ1v) is 16.1. The number of anilines is 1. The molecule has 1 spiro atoms. The predicted octanol–water partition coefficient (Wildman–Crippen LogP) is 7.51. The Bertz CT molecular complexity index is 794. The van der Waals surface area contributed by atoms with Crippen LogP contribution >= 0.6 is 15.9 Å². The molecule has 1 aromatic rings. The second-order valence-electron chi connectivity index (χ2n) is 12.1. The molecular weight excluding hydrogens is 510 g/mol. The van der Waals surface area contributed by atoms with E-state index in [0.29, 0.717) is 18.8 Å². The molecule has 1 amide bonds. The van der Waals surface area contributed by atoms with Crippen molar-refractivity contribution < 1.29 is 4.79 Å². The summed E-state index contributed by atoms with van der Waals surface area (Å²) in [6.07, 6.45) is 18.0. The van der Waals surface area contributed by atoms with E-state index in [1.165, 1.54) is 82.7 Å². The molecule has 1 N–H and O–H groups in total. The molecular formula is C31H50BrN3O. The number of likely N-dealkylation sites (tertiary alicyclic amines) is 1. The van der Waals surface area contributed by atoms with Gasteiger partial charge in [-0.25, -0.2) is 0 Å². The van der Waals surface area contributed by atoms with Gasteiger partial charge in [0.1, 0.15) is 5.54 Å². The molecule has 2 saturated heterocycles. The summed E-state index contributed by atoms with van der Waals surface area (Å²) in [7, 11) is 0. The van der Waals surface area contributed by atoms with E-state index < -0.39 is 0 Å². The van der Waals surface area contributed by atoms with Crippen molar-refractivity contribution in [2.75, 3.05) is 23.4 Å². The molecule has 1 saturated carbocycles. The molecule has 1 aromatic carbocycles. The molecule has 2 unspecified atom stereocenters. The van der Waals surface area contributed by atoms with Crippen LogP contribution in [-0.4, -0.2) is 47.0 Å². The van der Waals surface area contributed by atoms with E-state index in [9.17, 15) is 4.79 Å². The Morgan fingerprint density at radius 3 is 2.31 bits per heavy atom. The molecule has 5 heteroatoms. The maximum absolute atomic E-state index is 13.4. The van der Waals surface area contributed by atoms with Gasteiger partial charge in [-0.1, -0.05) is 86.5 Å². The summed E-state index contributed by atoms with van der Waals surface area (Å²) in [6.45, 7) is 6.50. The summed E-state index contributed by atoms with van der Waals surface area (Å²) < 4.78 is 0. The largest absolute Gasteiger partial charge is 0.339 e. The number of unbranched alkanes of at least 4 members (excludes halogenated alkanes) is 6. The number of rotatable bonds is 12. The third kappa shape index (κ3) is 6.67. The van der Waals surface area contributed by atoms with E-state index in [2.05, 4.69) is 75.2 Å². The SMILES string of the molecule is CC(C)C1CCC(N2CCC3(CC2CCCCCCCCCBr)C(=O)NCN3c2ccccc2)CC1. The van der Waals surface area contributed by atoms with Gasteiger partial charge in [0, 0.05) is 29.6 Å². The van der Waals surface area contributed by atoms with E-state index >= 15 is 0 Å². The van der Waals surface area contributed by atoms with Crippen molar-refractivity contribution in [3.8, 4) is 0 Å². The predicted molar refractivity (Wildman–Crippen MR) is 156 cm³/mol. The second-order valence-corrected chi connectivity index (χ2v) is 12.9. The number of carbonyl (C=O) groups is 1. The number of hydrogen-bond donors (Lipinski definition) is 1. The molecule has 36 heavy (non-hydrogen) atoms. The highest BCUT2D eigenvalue weighted by Gasteiger charge is 2.53. The standard InChI is InChI=1S/C31H50BrN3O/c1-25(2)26-16-18-27(19-17-26)34-22-20-31(23-29(34)15-9-6-4-3-5-7-12-21-32)30(36)33-24-35(31)28-13-10-8-11-14-28/h8,10-11,13-14,25-27,29H,3-7,9,12,15-24H2,1-2H3,(H,33,36). The van der Waals surface area contributed by atoms with Gasteiger partial charge in [-0.2, -0.15) is 0 Å². The lowest BCUT2D eigenvalue weighted by Gasteiger charge is -2.51. The van der Waals surface area contributed by atoms with E-state index in [-0.39, 0.29) is 11.4 Å². The van der Waals surface area contributed by atoms with Gasteiger partial charge in [0.25, 0.3) is 0 Å².